The lowest BCUT2D eigenvalue weighted by atomic mass is 9.72. The molecule has 1 saturated heterocycles. The number of carbonyl (C=O) groups excluding carboxylic acids is 3. The van der Waals surface area contributed by atoms with E-state index in [1.807, 2.05) is 45.0 Å². The fourth-order valence-electron chi connectivity index (χ4n) is 4.69. The number of aryl methyl sites for hydroxylation is 1. The molecule has 1 heterocycles. The maximum Gasteiger partial charge on any atom is 0.326 e. The number of nitrogens with zero attached hydrogens (tertiary/aromatic N) is 2. The normalized spacial score (nSPS) is 17.7. The largest absolute Gasteiger partial charge is 0.353 e. The number of benzene rings is 1. The molecule has 0 saturated carbocycles. The Hall–Kier alpha value is -2.45. The van der Waals surface area contributed by atoms with E-state index in [-0.39, 0.29) is 24.5 Å². The summed E-state index contributed by atoms with van der Waals surface area (Å²) in [6.07, 6.45) is 1.95. The number of hydrogen-bond donors (Lipinski definition) is 2. The number of amides is 4. The van der Waals surface area contributed by atoms with Crippen molar-refractivity contribution >= 4 is 17.8 Å². The number of carbonyl (C=O) groups is 3. The number of likely N-dealkylation sites (N-methyl/N-ethyl adjacent to an activating group) is 1. The Kier molecular flexibility index (Phi) is 11.2. The summed E-state index contributed by atoms with van der Waals surface area (Å²) in [5, 5.41) is 5.90. The first-order valence-electron chi connectivity index (χ1n) is 13.1. The van der Waals surface area contributed by atoms with Gasteiger partial charge in [-0.15, -0.1) is 0 Å². The number of β-lactam (4-membered cyclic amide) rings is 1. The summed E-state index contributed by atoms with van der Waals surface area (Å²) in [4.78, 5) is 42.2. The second-order valence-corrected chi connectivity index (χ2v) is 9.28. The Morgan fingerprint density at radius 2 is 1.71 bits per heavy atom. The van der Waals surface area contributed by atoms with E-state index in [4.69, 9.17) is 4.74 Å². The molecule has 2 atom stereocenters. The average molecular weight is 489 g/mol. The van der Waals surface area contributed by atoms with Gasteiger partial charge in [-0.2, -0.15) is 0 Å². The van der Waals surface area contributed by atoms with Crippen molar-refractivity contribution in [2.24, 2.45) is 5.41 Å². The lowest BCUT2D eigenvalue weighted by molar-refractivity contribution is -0.210. The molecule has 1 aliphatic rings. The third-order valence-corrected chi connectivity index (χ3v) is 7.20. The molecule has 0 aromatic heterocycles. The molecule has 2 unspecified atom stereocenters. The summed E-state index contributed by atoms with van der Waals surface area (Å²) in [6, 6.07) is 7.37. The second-order valence-electron chi connectivity index (χ2n) is 9.28. The summed E-state index contributed by atoms with van der Waals surface area (Å²) in [7, 11) is 0. The van der Waals surface area contributed by atoms with Crippen LogP contribution in [0.2, 0.25) is 0 Å². The molecule has 0 aliphatic carbocycles. The van der Waals surface area contributed by atoms with Crippen molar-refractivity contribution in [1.29, 1.82) is 0 Å². The van der Waals surface area contributed by atoms with Crippen LogP contribution in [0.4, 0.5) is 4.79 Å². The van der Waals surface area contributed by atoms with Gasteiger partial charge >= 0.3 is 6.03 Å². The lowest BCUT2D eigenvalue weighted by Gasteiger charge is -2.53. The molecule has 8 nitrogen and oxygen atoms in total. The third-order valence-electron chi connectivity index (χ3n) is 7.20. The van der Waals surface area contributed by atoms with Crippen LogP contribution in [0.15, 0.2) is 24.3 Å². The quantitative estimate of drug-likeness (QED) is 0.386. The van der Waals surface area contributed by atoms with E-state index in [9.17, 15) is 14.4 Å². The van der Waals surface area contributed by atoms with Gasteiger partial charge in [0.1, 0.15) is 6.61 Å². The Morgan fingerprint density at radius 1 is 1.09 bits per heavy atom. The van der Waals surface area contributed by atoms with E-state index in [1.54, 1.807) is 0 Å². The summed E-state index contributed by atoms with van der Waals surface area (Å²) >= 11 is 0. The standard InChI is InChI=1S/C27H44N4O4/c1-7-12-22(21-15-13-20(6)14-16-21)29-26(34)31-24(33)27(8-2,9-3)25(31)35-19-23(32)28-17-18-30(10-4)11-5/h13-16,22,25H,7-12,17-19H2,1-6H3,(H,28,32)(H,29,34). The Labute approximate surface area is 210 Å². The topological polar surface area (TPSA) is 91.0 Å². The van der Waals surface area contributed by atoms with Crippen molar-refractivity contribution in [3.63, 3.8) is 0 Å². The highest BCUT2D eigenvalue weighted by atomic mass is 16.5. The predicted octanol–water partition coefficient (Wildman–Crippen LogP) is 4.00. The molecule has 1 fully saturated rings. The van der Waals surface area contributed by atoms with Crippen LogP contribution in [0.3, 0.4) is 0 Å². The Morgan fingerprint density at radius 3 is 2.26 bits per heavy atom. The molecule has 0 radical (unpaired) electrons. The van der Waals surface area contributed by atoms with Gasteiger partial charge in [0.2, 0.25) is 11.8 Å². The molecule has 0 bridgehead atoms. The monoisotopic (exact) mass is 488 g/mol. The van der Waals surface area contributed by atoms with Crippen LogP contribution in [0.25, 0.3) is 0 Å². The van der Waals surface area contributed by atoms with Crippen molar-refractivity contribution in [3.8, 4) is 0 Å². The zero-order valence-electron chi connectivity index (χ0n) is 22.4. The Bertz CT molecular complexity index is 834. The van der Waals surface area contributed by atoms with Crippen molar-refractivity contribution in [1.82, 2.24) is 20.4 Å². The van der Waals surface area contributed by atoms with E-state index in [1.165, 1.54) is 0 Å². The van der Waals surface area contributed by atoms with E-state index in [0.717, 1.165) is 48.5 Å². The fraction of sp³-hybridized carbons (Fsp3) is 0.667. The maximum absolute atomic E-state index is 13.3. The van der Waals surface area contributed by atoms with Crippen molar-refractivity contribution in [2.75, 3.05) is 32.8 Å². The highest BCUT2D eigenvalue weighted by Gasteiger charge is 2.62. The van der Waals surface area contributed by atoms with Gasteiger partial charge < -0.3 is 20.3 Å². The van der Waals surface area contributed by atoms with E-state index >= 15 is 0 Å². The molecule has 1 aromatic rings. The first-order valence-corrected chi connectivity index (χ1v) is 13.1. The highest BCUT2D eigenvalue weighted by Crippen LogP contribution is 2.46. The maximum atomic E-state index is 13.3. The van der Waals surface area contributed by atoms with Crippen LogP contribution >= 0.6 is 0 Å². The third kappa shape index (κ3) is 6.82. The van der Waals surface area contributed by atoms with Crippen molar-refractivity contribution < 1.29 is 19.1 Å². The molecule has 0 spiro atoms. The number of nitrogens with one attached hydrogen (secondary N) is 2. The lowest BCUT2D eigenvalue weighted by Crippen LogP contribution is -2.72. The number of ether oxygens (including phenoxy) is 1. The van der Waals surface area contributed by atoms with Crippen LogP contribution in [0.1, 0.15) is 77.5 Å². The number of hydrogen-bond acceptors (Lipinski definition) is 5. The molecule has 1 aliphatic heterocycles. The van der Waals surface area contributed by atoms with Gasteiger partial charge in [0.25, 0.3) is 0 Å². The molecule has 35 heavy (non-hydrogen) atoms. The minimum absolute atomic E-state index is 0.196. The number of urea groups is 1. The van der Waals surface area contributed by atoms with Gasteiger partial charge in [-0.3, -0.25) is 9.59 Å². The number of rotatable bonds is 14. The van der Waals surface area contributed by atoms with E-state index < -0.39 is 17.7 Å². The van der Waals surface area contributed by atoms with Gasteiger partial charge in [0, 0.05) is 13.1 Å². The SMILES string of the molecule is CCCC(NC(=O)N1C(=O)C(CC)(CC)C1OCC(=O)NCCN(CC)CC)c1ccc(C)cc1. The van der Waals surface area contributed by atoms with Gasteiger partial charge in [0.15, 0.2) is 6.23 Å². The van der Waals surface area contributed by atoms with Gasteiger partial charge in [0.05, 0.1) is 11.5 Å². The van der Waals surface area contributed by atoms with E-state index in [0.29, 0.717) is 19.4 Å². The molecule has 2 rings (SSSR count). The zero-order chi connectivity index (χ0) is 26.0. The first kappa shape index (κ1) is 28.8. The smallest absolute Gasteiger partial charge is 0.326 e. The van der Waals surface area contributed by atoms with Crippen LogP contribution in [0.5, 0.6) is 0 Å². The molecule has 4 amide bonds. The van der Waals surface area contributed by atoms with Crippen molar-refractivity contribution in [3.05, 3.63) is 35.4 Å². The summed E-state index contributed by atoms with van der Waals surface area (Å²) in [5.74, 6) is -0.493. The minimum Gasteiger partial charge on any atom is -0.353 e. The van der Waals surface area contributed by atoms with Crippen LogP contribution in [-0.2, 0) is 14.3 Å². The van der Waals surface area contributed by atoms with Gasteiger partial charge in [-0.05, 0) is 44.8 Å². The predicted molar refractivity (Wildman–Crippen MR) is 138 cm³/mol. The second kappa shape index (κ2) is 13.6. The molecular weight excluding hydrogens is 444 g/mol. The van der Waals surface area contributed by atoms with Crippen molar-refractivity contribution in [2.45, 2.75) is 79.5 Å². The van der Waals surface area contributed by atoms with Crippen LogP contribution < -0.4 is 10.6 Å². The van der Waals surface area contributed by atoms with E-state index in [2.05, 4.69) is 36.3 Å². The number of likely N-dealkylation sites (tertiary alicyclic amines) is 1. The van der Waals surface area contributed by atoms with Crippen LogP contribution in [0, 0.1) is 12.3 Å². The molecular formula is C27H44N4O4. The highest BCUT2D eigenvalue weighted by molar-refractivity contribution is 6.03. The fourth-order valence-corrected chi connectivity index (χ4v) is 4.69. The molecule has 196 valence electrons. The van der Waals surface area contributed by atoms with Crippen LogP contribution in [-0.4, -0.2) is 66.7 Å². The minimum atomic E-state index is -0.789. The molecule has 8 heteroatoms. The van der Waals surface area contributed by atoms with Gasteiger partial charge in [-0.1, -0.05) is 70.9 Å². The Balaban J connectivity index is 2.06. The molecule has 1 aromatic carbocycles. The summed E-state index contributed by atoms with van der Waals surface area (Å²) in [6.45, 7) is 15.0. The molecule has 2 N–H and O–H groups in total. The summed E-state index contributed by atoms with van der Waals surface area (Å²) < 4.78 is 5.93. The first-order chi connectivity index (χ1) is 16.8. The summed E-state index contributed by atoms with van der Waals surface area (Å²) in [5.41, 5.74) is 1.36. The number of imide groups is 1. The average Bonchev–Trinajstić information content (AvgIpc) is 2.85. The van der Waals surface area contributed by atoms with Gasteiger partial charge in [-0.25, -0.2) is 9.69 Å². The zero-order valence-corrected chi connectivity index (χ0v) is 22.4.